The fourth-order valence-electron chi connectivity index (χ4n) is 3.49. The van der Waals surface area contributed by atoms with Crippen LogP contribution in [0.3, 0.4) is 0 Å². The molecule has 0 radical (unpaired) electrons. The van der Waals surface area contributed by atoms with Gasteiger partial charge in [0.2, 0.25) is 0 Å². The third-order valence-electron chi connectivity index (χ3n) is 4.88. The lowest BCUT2D eigenvalue weighted by Crippen LogP contribution is -2.45. The summed E-state index contributed by atoms with van der Waals surface area (Å²) in [5.74, 6) is -0.222. The molecule has 148 valence electrons. The highest BCUT2D eigenvalue weighted by Gasteiger charge is 2.30. The largest absolute Gasteiger partial charge is 0.405 e. The van der Waals surface area contributed by atoms with Crippen LogP contribution in [0.2, 0.25) is 0 Å². The van der Waals surface area contributed by atoms with Crippen LogP contribution in [-0.2, 0) is 0 Å². The number of hydrogen-bond donors (Lipinski definition) is 1. The van der Waals surface area contributed by atoms with E-state index in [1.54, 1.807) is 28.8 Å². The van der Waals surface area contributed by atoms with Crippen molar-refractivity contribution in [2.75, 3.05) is 44.7 Å². The second-order valence-electron chi connectivity index (χ2n) is 6.81. The molecule has 28 heavy (non-hydrogen) atoms. The molecule has 4 heterocycles. The van der Waals surface area contributed by atoms with Crippen LogP contribution >= 0.6 is 0 Å². The predicted molar refractivity (Wildman–Crippen MR) is 98.6 cm³/mol. The average Bonchev–Trinajstić information content (AvgIpc) is 3.01. The fraction of sp³-hybridized carbons (Fsp3) is 0.389. The molecule has 1 N–H and O–H groups in total. The van der Waals surface area contributed by atoms with Crippen LogP contribution in [0.25, 0.3) is 16.6 Å². The zero-order chi connectivity index (χ0) is 19.9. The third kappa shape index (κ3) is 3.35. The van der Waals surface area contributed by atoms with Gasteiger partial charge >= 0.3 is 6.18 Å². The lowest BCUT2D eigenvalue weighted by molar-refractivity contribution is -0.123. The quantitative estimate of drug-likeness (QED) is 0.738. The van der Waals surface area contributed by atoms with Gasteiger partial charge in [-0.2, -0.15) is 13.2 Å². The number of aromatic nitrogens is 3. The number of likely N-dealkylation sites (N-methyl/N-ethyl adjacent to an activating group) is 1. The number of halogens is 3. The molecule has 1 amide bonds. The molecule has 0 aliphatic carbocycles. The molecule has 1 aliphatic rings. The van der Waals surface area contributed by atoms with E-state index in [4.69, 9.17) is 0 Å². The molecule has 3 aromatic heterocycles. The summed E-state index contributed by atoms with van der Waals surface area (Å²) in [6.07, 6.45) is -1.33. The molecule has 0 aromatic carbocycles. The van der Waals surface area contributed by atoms with Gasteiger partial charge in [-0.3, -0.25) is 4.79 Å². The minimum atomic E-state index is -4.49. The van der Waals surface area contributed by atoms with E-state index in [2.05, 4.69) is 14.9 Å². The summed E-state index contributed by atoms with van der Waals surface area (Å²) in [6.45, 7) is 1.68. The maximum atomic E-state index is 12.8. The Hall–Kier alpha value is -2.88. The monoisotopic (exact) mass is 392 g/mol. The van der Waals surface area contributed by atoms with Crippen molar-refractivity contribution in [2.24, 2.45) is 0 Å². The number of fused-ring (bicyclic) bond motifs is 3. The number of carbonyl (C=O) groups is 1. The van der Waals surface area contributed by atoms with E-state index in [0.29, 0.717) is 35.5 Å². The number of amides is 1. The first kappa shape index (κ1) is 18.5. The first-order chi connectivity index (χ1) is 13.3. The van der Waals surface area contributed by atoms with E-state index in [1.807, 2.05) is 17.3 Å². The topological polar surface area (TPSA) is 65.8 Å². The van der Waals surface area contributed by atoms with E-state index < -0.39 is 18.6 Å². The molecule has 4 rings (SSSR count). The molecule has 1 fully saturated rings. The molecule has 7 nitrogen and oxygen atoms in total. The van der Waals surface area contributed by atoms with Crippen molar-refractivity contribution >= 4 is 28.3 Å². The summed E-state index contributed by atoms with van der Waals surface area (Å²) in [6, 6.07) is 5.21. The summed E-state index contributed by atoms with van der Waals surface area (Å²) in [7, 11) is 2.02. The van der Waals surface area contributed by atoms with Crippen LogP contribution in [0.5, 0.6) is 0 Å². The molecular weight excluding hydrogens is 373 g/mol. The zero-order valence-corrected chi connectivity index (χ0v) is 15.2. The average molecular weight is 392 g/mol. The van der Waals surface area contributed by atoms with Crippen molar-refractivity contribution < 1.29 is 18.0 Å². The van der Waals surface area contributed by atoms with Gasteiger partial charge in [0.1, 0.15) is 18.7 Å². The standard InChI is InChI=1S/C18H19F3N6O/c1-25-6-8-26(9-7-25)15-14-13(17(28)22-10-18(19,20)21)12-4-2-3-5-27(12)16(14)24-11-23-15/h2-5,11H,6-10H2,1H3,(H,22,28). The lowest BCUT2D eigenvalue weighted by Gasteiger charge is -2.33. The van der Waals surface area contributed by atoms with E-state index >= 15 is 0 Å². The first-order valence-corrected chi connectivity index (χ1v) is 8.87. The number of anilines is 1. The van der Waals surface area contributed by atoms with Gasteiger partial charge in [-0.05, 0) is 19.2 Å². The van der Waals surface area contributed by atoms with E-state index in [1.165, 1.54) is 6.33 Å². The van der Waals surface area contributed by atoms with Crippen LogP contribution in [0.4, 0.5) is 19.0 Å². The molecule has 0 saturated carbocycles. The summed E-state index contributed by atoms with van der Waals surface area (Å²) < 4.78 is 39.6. The lowest BCUT2D eigenvalue weighted by atomic mass is 10.1. The molecule has 1 saturated heterocycles. The van der Waals surface area contributed by atoms with Crippen LogP contribution < -0.4 is 10.2 Å². The first-order valence-electron chi connectivity index (χ1n) is 8.87. The number of nitrogens with zero attached hydrogens (tertiary/aromatic N) is 5. The Bertz CT molecular complexity index is 1020. The zero-order valence-electron chi connectivity index (χ0n) is 15.2. The van der Waals surface area contributed by atoms with Gasteiger partial charge < -0.3 is 19.5 Å². The Morgan fingerprint density at radius 2 is 1.93 bits per heavy atom. The number of rotatable bonds is 3. The molecule has 0 atom stereocenters. The summed E-state index contributed by atoms with van der Waals surface area (Å²) in [5.41, 5.74) is 1.15. The molecule has 10 heteroatoms. The van der Waals surface area contributed by atoms with Crippen molar-refractivity contribution in [2.45, 2.75) is 6.18 Å². The Morgan fingerprint density at radius 3 is 2.64 bits per heavy atom. The Labute approximate surface area is 158 Å². The molecule has 1 aliphatic heterocycles. The number of alkyl halides is 3. The molecule has 0 spiro atoms. The molecule has 3 aromatic rings. The summed E-state index contributed by atoms with van der Waals surface area (Å²) in [4.78, 5) is 25.7. The van der Waals surface area contributed by atoms with Gasteiger partial charge in [-0.25, -0.2) is 9.97 Å². The van der Waals surface area contributed by atoms with Crippen molar-refractivity contribution in [3.8, 4) is 0 Å². The van der Waals surface area contributed by atoms with Gasteiger partial charge in [0.15, 0.2) is 5.65 Å². The van der Waals surface area contributed by atoms with Crippen molar-refractivity contribution in [3.05, 3.63) is 36.3 Å². The smallest absolute Gasteiger partial charge is 0.353 e. The molecular formula is C18H19F3N6O. The molecule has 0 bridgehead atoms. The van der Waals surface area contributed by atoms with Gasteiger partial charge in [-0.15, -0.1) is 0 Å². The SMILES string of the molecule is CN1CCN(c2ncnc3c2c(C(=O)NCC(F)(F)F)c2ccccn23)CC1. The van der Waals surface area contributed by atoms with E-state index in [0.717, 1.165) is 13.1 Å². The maximum Gasteiger partial charge on any atom is 0.405 e. The third-order valence-corrected chi connectivity index (χ3v) is 4.88. The Balaban J connectivity index is 1.87. The Kier molecular flexibility index (Phi) is 4.58. The predicted octanol–water partition coefficient (Wildman–Crippen LogP) is 1.93. The normalized spacial score (nSPS) is 16.1. The number of piperazine rings is 1. The maximum absolute atomic E-state index is 12.8. The highest BCUT2D eigenvalue weighted by Crippen LogP contribution is 2.32. The van der Waals surface area contributed by atoms with E-state index in [9.17, 15) is 18.0 Å². The highest BCUT2D eigenvalue weighted by molar-refractivity contribution is 6.16. The number of pyridine rings is 1. The second-order valence-corrected chi connectivity index (χ2v) is 6.81. The van der Waals surface area contributed by atoms with Crippen LogP contribution in [0.1, 0.15) is 10.4 Å². The minimum absolute atomic E-state index is 0.161. The van der Waals surface area contributed by atoms with Crippen LogP contribution in [-0.4, -0.2) is 71.1 Å². The summed E-state index contributed by atoms with van der Waals surface area (Å²) in [5, 5.41) is 2.46. The number of nitrogens with one attached hydrogen (secondary N) is 1. The Morgan fingerprint density at radius 1 is 1.18 bits per heavy atom. The molecule has 0 unspecified atom stereocenters. The summed E-state index contributed by atoms with van der Waals surface area (Å²) >= 11 is 0. The van der Waals surface area contributed by atoms with Gasteiger partial charge in [0.05, 0.1) is 16.5 Å². The van der Waals surface area contributed by atoms with Crippen molar-refractivity contribution in [1.82, 2.24) is 24.6 Å². The number of hydrogen-bond acceptors (Lipinski definition) is 5. The van der Waals surface area contributed by atoms with Gasteiger partial charge in [0, 0.05) is 32.4 Å². The fourth-order valence-corrected chi connectivity index (χ4v) is 3.49. The van der Waals surface area contributed by atoms with Crippen molar-refractivity contribution in [3.63, 3.8) is 0 Å². The van der Waals surface area contributed by atoms with Crippen LogP contribution in [0.15, 0.2) is 30.7 Å². The van der Waals surface area contributed by atoms with Crippen LogP contribution in [0, 0.1) is 0 Å². The second kappa shape index (κ2) is 6.93. The minimum Gasteiger partial charge on any atom is -0.353 e. The van der Waals surface area contributed by atoms with Gasteiger partial charge in [0.25, 0.3) is 5.91 Å². The van der Waals surface area contributed by atoms with Gasteiger partial charge in [-0.1, -0.05) is 6.07 Å². The van der Waals surface area contributed by atoms with E-state index in [-0.39, 0.29) is 5.56 Å². The number of carbonyl (C=O) groups excluding carboxylic acids is 1. The highest BCUT2D eigenvalue weighted by atomic mass is 19.4. The van der Waals surface area contributed by atoms with Crippen molar-refractivity contribution in [1.29, 1.82) is 0 Å².